The number of benzene rings is 2. The third-order valence-corrected chi connectivity index (χ3v) is 6.71. The minimum Gasteiger partial charge on any atom is -0.497 e. The molecule has 0 N–H and O–H groups in total. The minimum atomic E-state index is -0.476. The van der Waals surface area contributed by atoms with Crippen LogP contribution in [0.2, 0.25) is 0 Å². The highest BCUT2D eigenvalue weighted by Crippen LogP contribution is 2.52. The van der Waals surface area contributed by atoms with Crippen LogP contribution in [0.5, 0.6) is 11.5 Å². The van der Waals surface area contributed by atoms with Gasteiger partial charge in [0.2, 0.25) is 0 Å². The molecule has 1 amide bonds. The van der Waals surface area contributed by atoms with Crippen molar-refractivity contribution in [2.75, 3.05) is 38.3 Å². The first kappa shape index (κ1) is 21.0. The Balaban J connectivity index is 1.47. The zero-order chi connectivity index (χ0) is 22.5. The number of carbonyl (C=O) groups excluding carboxylic acids is 1. The van der Waals surface area contributed by atoms with E-state index in [0.29, 0.717) is 25.1 Å². The van der Waals surface area contributed by atoms with E-state index in [2.05, 4.69) is 29.2 Å². The second-order valence-electron chi connectivity index (χ2n) is 9.90. The summed E-state index contributed by atoms with van der Waals surface area (Å²) < 4.78 is 17.2. The van der Waals surface area contributed by atoms with E-state index in [1.165, 1.54) is 11.3 Å². The third-order valence-electron chi connectivity index (χ3n) is 6.71. The number of carbonyl (C=O) groups is 1. The fraction of sp³-hybridized carbons (Fsp3) is 0.500. The molecule has 3 heterocycles. The molecule has 1 fully saturated rings. The maximum atomic E-state index is 12.7. The first-order valence-electron chi connectivity index (χ1n) is 11.5. The Morgan fingerprint density at radius 3 is 2.66 bits per heavy atom. The van der Waals surface area contributed by atoms with Gasteiger partial charge in [-0.25, -0.2) is 4.79 Å². The molecule has 3 aliphatic heterocycles. The van der Waals surface area contributed by atoms with Gasteiger partial charge in [-0.1, -0.05) is 12.1 Å². The Morgan fingerprint density at radius 1 is 1.06 bits per heavy atom. The zero-order valence-corrected chi connectivity index (χ0v) is 19.4. The van der Waals surface area contributed by atoms with Gasteiger partial charge in [0.1, 0.15) is 23.7 Å². The molecule has 6 nitrogen and oxygen atoms in total. The Labute approximate surface area is 190 Å². The summed E-state index contributed by atoms with van der Waals surface area (Å²) in [7, 11) is 1.69. The second-order valence-corrected chi connectivity index (χ2v) is 9.90. The average Bonchev–Trinajstić information content (AvgIpc) is 2.92. The van der Waals surface area contributed by atoms with Crippen molar-refractivity contribution in [3.8, 4) is 22.6 Å². The van der Waals surface area contributed by atoms with Crippen molar-refractivity contribution >= 4 is 11.8 Å². The van der Waals surface area contributed by atoms with Gasteiger partial charge in [0.25, 0.3) is 0 Å². The van der Waals surface area contributed by atoms with E-state index < -0.39 is 5.60 Å². The summed E-state index contributed by atoms with van der Waals surface area (Å²) in [6.45, 7) is 8.77. The number of methoxy groups -OCH3 is 1. The van der Waals surface area contributed by atoms with Crippen LogP contribution < -0.4 is 14.4 Å². The summed E-state index contributed by atoms with van der Waals surface area (Å²) in [5.74, 6) is 2.20. The van der Waals surface area contributed by atoms with Gasteiger partial charge in [-0.05, 0) is 74.6 Å². The zero-order valence-electron chi connectivity index (χ0n) is 19.4. The van der Waals surface area contributed by atoms with E-state index >= 15 is 0 Å². The summed E-state index contributed by atoms with van der Waals surface area (Å²) >= 11 is 0. The third kappa shape index (κ3) is 3.76. The summed E-state index contributed by atoms with van der Waals surface area (Å²) in [5.41, 5.74) is 4.39. The number of anilines is 1. The van der Waals surface area contributed by atoms with Gasteiger partial charge in [-0.2, -0.15) is 0 Å². The van der Waals surface area contributed by atoms with Gasteiger partial charge in [-0.3, -0.25) is 0 Å². The van der Waals surface area contributed by atoms with Crippen molar-refractivity contribution in [2.45, 2.75) is 51.2 Å². The minimum absolute atomic E-state index is 0.203. The molecule has 0 radical (unpaired) electrons. The molecule has 0 saturated carbocycles. The highest BCUT2D eigenvalue weighted by Gasteiger charge is 2.44. The molecular weight excluding hydrogens is 404 g/mol. The van der Waals surface area contributed by atoms with Crippen molar-refractivity contribution < 1.29 is 19.0 Å². The van der Waals surface area contributed by atoms with Gasteiger partial charge in [0.05, 0.1) is 19.3 Å². The van der Waals surface area contributed by atoms with E-state index in [-0.39, 0.29) is 6.09 Å². The summed E-state index contributed by atoms with van der Waals surface area (Å²) in [6.07, 6.45) is 1.66. The van der Waals surface area contributed by atoms with Gasteiger partial charge < -0.3 is 24.0 Å². The number of hydrogen-bond acceptors (Lipinski definition) is 5. The Bertz CT molecular complexity index is 1030. The van der Waals surface area contributed by atoms with Gasteiger partial charge in [0, 0.05) is 25.0 Å². The van der Waals surface area contributed by atoms with Crippen LogP contribution in [0, 0.1) is 0 Å². The van der Waals surface area contributed by atoms with Crippen LogP contribution in [0.3, 0.4) is 0 Å². The van der Waals surface area contributed by atoms with Gasteiger partial charge >= 0.3 is 6.09 Å². The van der Waals surface area contributed by atoms with Crippen LogP contribution >= 0.6 is 0 Å². The monoisotopic (exact) mass is 436 g/mol. The summed E-state index contributed by atoms with van der Waals surface area (Å²) in [4.78, 5) is 17.1. The molecule has 0 spiro atoms. The SMILES string of the molecule is COc1cccc(-c2cc3c4c(c2)C2CCN(C(=O)OC(C)(C)C)CCC2N4CCO3)c1. The van der Waals surface area contributed by atoms with E-state index in [4.69, 9.17) is 14.2 Å². The fourth-order valence-corrected chi connectivity index (χ4v) is 5.33. The van der Waals surface area contributed by atoms with Crippen LogP contribution in [0.25, 0.3) is 11.1 Å². The molecule has 5 rings (SSSR count). The van der Waals surface area contributed by atoms with Crippen LogP contribution in [-0.4, -0.2) is 56.0 Å². The molecule has 2 atom stereocenters. The van der Waals surface area contributed by atoms with Crippen molar-refractivity contribution in [1.82, 2.24) is 4.90 Å². The normalized spacial score (nSPS) is 21.9. The van der Waals surface area contributed by atoms with E-state index in [1.807, 2.05) is 37.8 Å². The molecule has 3 aliphatic rings. The lowest BCUT2D eigenvalue weighted by Gasteiger charge is -2.33. The molecule has 0 aliphatic carbocycles. The predicted molar refractivity (Wildman–Crippen MR) is 125 cm³/mol. The number of amides is 1. The van der Waals surface area contributed by atoms with Gasteiger partial charge in [0.15, 0.2) is 0 Å². The lowest BCUT2D eigenvalue weighted by molar-refractivity contribution is 0.0255. The molecule has 6 heteroatoms. The molecule has 170 valence electrons. The van der Waals surface area contributed by atoms with E-state index in [1.54, 1.807) is 7.11 Å². The van der Waals surface area contributed by atoms with Gasteiger partial charge in [-0.15, -0.1) is 0 Å². The molecule has 0 aromatic heterocycles. The van der Waals surface area contributed by atoms with Crippen LogP contribution in [0.15, 0.2) is 36.4 Å². The first-order chi connectivity index (χ1) is 15.3. The maximum absolute atomic E-state index is 12.7. The lowest BCUT2D eigenvalue weighted by atomic mass is 9.89. The number of hydrogen-bond donors (Lipinski definition) is 0. The predicted octanol–water partition coefficient (Wildman–Crippen LogP) is 5.06. The molecule has 32 heavy (non-hydrogen) atoms. The van der Waals surface area contributed by atoms with Crippen LogP contribution in [-0.2, 0) is 4.74 Å². The Kier molecular flexibility index (Phi) is 5.19. The largest absolute Gasteiger partial charge is 0.497 e. The summed E-state index contributed by atoms with van der Waals surface area (Å²) in [5, 5.41) is 0. The first-order valence-corrected chi connectivity index (χ1v) is 11.5. The molecular formula is C26H32N2O4. The smallest absolute Gasteiger partial charge is 0.410 e. The Hall–Kier alpha value is -2.89. The van der Waals surface area contributed by atoms with E-state index in [9.17, 15) is 4.79 Å². The molecule has 2 unspecified atom stereocenters. The fourth-order valence-electron chi connectivity index (χ4n) is 5.33. The van der Waals surface area contributed by atoms with Crippen LogP contribution in [0.1, 0.15) is 45.1 Å². The van der Waals surface area contributed by atoms with Crippen LogP contribution in [0.4, 0.5) is 10.5 Å². The summed E-state index contributed by atoms with van der Waals surface area (Å²) in [6, 6.07) is 13.0. The lowest BCUT2D eigenvalue weighted by Crippen LogP contribution is -2.41. The second kappa shape index (κ2) is 7.91. The van der Waals surface area contributed by atoms with Crippen molar-refractivity contribution in [3.63, 3.8) is 0 Å². The highest BCUT2D eigenvalue weighted by atomic mass is 16.6. The van der Waals surface area contributed by atoms with Crippen molar-refractivity contribution in [3.05, 3.63) is 42.0 Å². The Morgan fingerprint density at radius 2 is 1.88 bits per heavy atom. The number of ether oxygens (including phenoxy) is 3. The topological polar surface area (TPSA) is 51.2 Å². The maximum Gasteiger partial charge on any atom is 0.410 e. The number of nitrogens with zero attached hydrogens (tertiary/aromatic N) is 2. The van der Waals surface area contributed by atoms with E-state index in [0.717, 1.165) is 48.6 Å². The number of fused-ring (bicyclic) bond motifs is 3. The quantitative estimate of drug-likeness (QED) is 0.659. The van der Waals surface area contributed by atoms with Crippen molar-refractivity contribution in [1.29, 1.82) is 0 Å². The molecule has 2 aromatic carbocycles. The highest BCUT2D eigenvalue weighted by molar-refractivity contribution is 5.79. The van der Waals surface area contributed by atoms with Crippen molar-refractivity contribution in [2.24, 2.45) is 0 Å². The molecule has 2 aromatic rings. The number of likely N-dealkylation sites (tertiary alicyclic amines) is 1. The molecule has 1 saturated heterocycles. The average molecular weight is 437 g/mol. The standard InChI is InChI=1S/C26H32N2O4/c1-26(2,3)32-25(29)27-10-8-20-21-15-18(17-6-5-7-19(14-17)30-4)16-23-24(21)28(12-13-31-23)22(20)9-11-27/h5-7,14-16,20,22H,8-13H2,1-4H3. The molecule has 0 bridgehead atoms. The number of rotatable bonds is 2.